The molecule has 0 bridgehead atoms. The van der Waals surface area contributed by atoms with Crippen molar-refractivity contribution in [3.8, 4) is 0 Å². The largest absolute Gasteiger partial charge is 0.472 e. The molecule has 1 aliphatic carbocycles. The average Bonchev–Trinajstić information content (AvgIpc) is 2.95. The van der Waals surface area contributed by atoms with Gasteiger partial charge < -0.3 is 4.74 Å². The van der Waals surface area contributed by atoms with Crippen LogP contribution in [0.4, 0.5) is 0 Å². The summed E-state index contributed by atoms with van der Waals surface area (Å²) in [7, 11) is 0. The van der Waals surface area contributed by atoms with Crippen LogP contribution in [0.2, 0.25) is 0 Å². The Morgan fingerprint density at radius 1 is 1.47 bits per heavy atom. The molecule has 0 aromatic carbocycles. The highest BCUT2D eigenvalue weighted by Gasteiger charge is 2.23. The lowest BCUT2D eigenvalue weighted by Gasteiger charge is -2.06. The van der Waals surface area contributed by atoms with Crippen molar-refractivity contribution in [3.63, 3.8) is 0 Å². The third kappa shape index (κ3) is 1.83. The zero-order valence-electron chi connectivity index (χ0n) is 8.77. The number of rotatable bonds is 2. The Bertz CT molecular complexity index is 583. The Kier molecular flexibility index (Phi) is 2.61. The van der Waals surface area contributed by atoms with Crippen LogP contribution in [0.25, 0.3) is 5.57 Å². The van der Waals surface area contributed by atoms with E-state index >= 15 is 0 Å². The minimum atomic E-state index is -0.505. The van der Waals surface area contributed by atoms with Crippen molar-refractivity contribution >= 4 is 33.8 Å². The molecule has 3 nitrogen and oxygen atoms in total. The first kappa shape index (κ1) is 10.7. The van der Waals surface area contributed by atoms with E-state index in [0.717, 1.165) is 17.8 Å². The van der Waals surface area contributed by atoms with E-state index in [2.05, 4.69) is 4.98 Å². The Hall–Kier alpha value is -1.39. The van der Waals surface area contributed by atoms with Crippen LogP contribution < -0.4 is 0 Å². The minimum Gasteiger partial charge on any atom is -0.472 e. The number of carbonyl (C=O) groups is 1. The number of halogens is 1. The van der Waals surface area contributed by atoms with Gasteiger partial charge >= 0.3 is 0 Å². The highest BCUT2D eigenvalue weighted by atomic mass is 35.5. The number of hydrogen-bond donors (Lipinski definition) is 0. The number of thiazole rings is 1. The predicted molar refractivity (Wildman–Crippen MR) is 66.8 cm³/mol. The summed E-state index contributed by atoms with van der Waals surface area (Å²) in [4.78, 5) is 15.3. The topological polar surface area (TPSA) is 39.2 Å². The van der Waals surface area contributed by atoms with Gasteiger partial charge in [0.1, 0.15) is 10.7 Å². The minimum absolute atomic E-state index is 0.327. The second kappa shape index (κ2) is 4.13. The molecule has 17 heavy (non-hydrogen) atoms. The molecule has 0 radical (unpaired) electrons. The van der Waals surface area contributed by atoms with Gasteiger partial charge in [-0.2, -0.15) is 0 Å². The predicted octanol–water partition coefficient (Wildman–Crippen LogP) is 3.50. The van der Waals surface area contributed by atoms with Gasteiger partial charge in [0.05, 0.1) is 12.5 Å². The Morgan fingerprint density at radius 3 is 3.12 bits per heavy atom. The quantitative estimate of drug-likeness (QED) is 0.769. The first-order valence-corrected chi connectivity index (χ1v) is 6.42. The molecule has 2 heterocycles. The molecule has 0 spiro atoms. The summed E-state index contributed by atoms with van der Waals surface area (Å²) in [6.45, 7) is 0. The van der Waals surface area contributed by atoms with Gasteiger partial charge in [0.25, 0.3) is 5.24 Å². The summed E-state index contributed by atoms with van der Waals surface area (Å²) in [6.07, 6.45) is 7.26. The molecule has 0 amide bonds. The molecule has 1 aliphatic heterocycles. The van der Waals surface area contributed by atoms with E-state index in [4.69, 9.17) is 16.3 Å². The van der Waals surface area contributed by atoms with Crippen molar-refractivity contribution in [1.82, 2.24) is 4.98 Å². The molecule has 0 unspecified atom stereocenters. The van der Waals surface area contributed by atoms with E-state index in [1.807, 2.05) is 6.08 Å². The zero-order chi connectivity index (χ0) is 11.8. The van der Waals surface area contributed by atoms with Crippen molar-refractivity contribution in [2.24, 2.45) is 0 Å². The maximum Gasteiger partial charge on any atom is 0.271 e. The fourth-order valence-corrected chi connectivity index (χ4v) is 3.06. The number of hydrogen-bond acceptors (Lipinski definition) is 4. The zero-order valence-corrected chi connectivity index (χ0v) is 10.3. The summed E-state index contributed by atoms with van der Waals surface area (Å²) in [5.74, 6) is 0. The molecule has 1 aromatic rings. The van der Waals surface area contributed by atoms with Crippen molar-refractivity contribution in [2.75, 3.05) is 0 Å². The molecule has 3 rings (SSSR count). The fourth-order valence-electron chi connectivity index (χ4n) is 2.01. The normalized spacial score (nSPS) is 17.8. The second-order valence-corrected chi connectivity index (χ2v) is 4.99. The van der Waals surface area contributed by atoms with Crippen LogP contribution in [0, 0.1) is 0 Å². The average molecular weight is 266 g/mol. The third-order valence-electron chi connectivity index (χ3n) is 2.80. The summed E-state index contributed by atoms with van der Waals surface area (Å²) in [5.41, 5.74) is 3.86. The molecular formula is C12H8ClNO2S. The summed E-state index contributed by atoms with van der Waals surface area (Å²) < 4.78 is 5.14. The smallest absolute Gasteiger partial charge is 0.271 e. The van der Waals surface area contributed by atoms with Crippen LogP contribution in [0.1, 0.15) is 28.3 Å². The highest BCUT2D eigenvalue weighted by molar-refractivity contribution is 7.11. The number of allylic oxidation sites excluding steroid dienone is 4. The summed E-state index contributed by atoms with van der Waals surface area (Å²) >= 11 is 6.86. The summed E-state index contributed by atoms with van der Waals surface area (Å²) in [6, 6.07) is 0. The van der Waals surface area contributed by atoms with Gasteiger partial charge in [0, 0.05) is 5.38 Å². The van der Waals surface area contributed by atoms with E-state index in [-0.39, 0.29) is 0 Å². The third-order valence-corrected chi connectivity index (χ3v) is 3.90. The maximum absolute atomic E-state index is 11.0. The molecule has 86 valence electrons. The number of aromatic nitrogens is 1. The van der Waals surface area contributed by atoms with E-state index in [1.54, 1.807) is 17.9 Å². The first-order valence-electron chi connectivity index (χ1n) is 5.16. The number of ether oxygens (including phenoxy) is 1. The Morgan fingerprint density at radius 2 is 2.35 bits per heavy atom. The molecule has 0 atom stereocenters. The van der Waals surface area contributed by atoms with Crippen LogP contribution in [0.3, 0.4) is 0 Å². The van der Waals surface area contributed by atoms with Crippen LogP contribution in [0.15, 0.2) is 35.1 Å². The monoisotopic (exact) mass is 265 g/mol. The van der Waals surface area contributed by atoms with E-state index in [1.165, 1.54) is 28.1 Å². The molecular weight excluding hydrogens is 258 g/mol. The lowest BCUT2D eigenvalue weighted by atomic mass is 10.1. The van der Waals surface area contributed by atoms with E-state index < -0.39 is 5.24 Å². The van der Waals surface area contributed by atoms with Gasteiger partial charge in [-0.15, -0.1) is 11.3 Å². The van der Waals surface area contributed by atoms with E-state index in [0.29, 0.717) is 5.69 Å². The van der Waals surface area contributed by atoms with Crippen molar-refractivity contribution in [1.29, 1.82) is 0 Å². The molecule has 0 saturated heterocycles. The van der Waals surface area contributed by atoms with Gasteiger partial charge in [0.15, 0.2) is 0 Å². The van der Waals surface area contributed by atoms with Gasteiger partial charge in [-0.1, -0.05) is 0 Å². The highest BCUT2D eigenvalue weighted by Crippen LogP contribution is 2.40. The first-order chi connectivity index (χ1) is 8.25. The van der Waals surface area contributed by atoms with Gasteiger partial charge in [-0.05, 0) is 47.2 Å². The Labute approximate surface area is 107 Å². The molecule has 2 aliphatic rings. The summed E-state index contributed by atoms with van der Waals surface area (Å²) in [5, 5.41) is 2.07. The van der Waals surface area contributed by atoms with E-state index in [9.17, 15) is 4.79 Å². The molecule has 5 heteroatoms. The molecule has 0 N–H and O–H groups in total. The van der Waals surface area contributed by atoms with Gasteiger partial charge in [-0.3, -0.25) is 4.79 Å². The molecule has 0 fully saturated rings. The fraction of sp³-hybridized carbons (Fsp3) is 0.167. The molecule has 1 aromatic heterocycles. The molecule has 0 saturated carbocycles. The lowest BCUT2D eigenvalue weighted by molar-refractivity contribution is 0.107. The van der Waals surface area contributed by atoms with Crippen LogP contribution in [-0.2, 0) is 4.74 Å². The number of fused-ring (bicyclic) bond motifs is 1. The maximum atomic E-state index is 11.0. The number of nitrogens with zero attached hydrogens (tertiary/aromatic N) is 1. The van der Waals surface area contributed by atoms with Gasteiger partial charge in [-0.25, -0.2) is 4.98 Å². The SMILES string of the molecule is O=C(Cl)c1csc(C2=C3C=COC=C3CC2)n1. The van der Waals surface area contributed by atoms with Crippen molar-refractivity contribution < 1.29 is 9.53 Å². The van der Waals surface area contributed by atoms with Crippen LogP contribution in [0.5, 0.6) is 0 Å². The number of carbonyl (C=O) groups excluding carboxylic acids is 1. The van der Waals surface area contributed by atoms with Crippen LogP contribution in [-0.4, -0.2) is 10.2 Å². The van der Waals surface area contributed by atoms with Crippen molar-refractivity contribution in [3.05, 3.63) is 45.8 Å². The lowest BCUT2D eigenvalue weighted by Crippen LogP contribution is -1.91. The van der Waals surface area contributed by atoms with Gasteiger partial charge in [0.2, 0.25) is 0 Å². The van der Waals surface area contributed by atoms with Crippen LogP contribution >= 0.6 is 22.9 Å². The second-order valence-electron chi connectivity index (χ2n) is 3.79. The standard InChI is InChI=1S/C12H8ClNO2S/c13-11(15)10-6-17-12(14-10)9-2-1-7-5-16-4-3-8(7)9/h3-6H,1-2H2. The van der Waals surface area contributed by atoms with Crippen molar-refractivity contribution in [2.45, 2.75) is 12.8 Å². The Balaban J connectivity index is 2.04.